The molecule has 0 aromatic heterocycles. The number of anilines is 2. The van der Waals surface area contributed by atoms with E-state index in [1.807, 2.05) is 6.92 Å². The van der Waals surface area contributed by atoms with Crippen LogP contribution in [-0.2, 0) is 9.59 Å². The highest BCUT2D eigenvalue weighted by atomic mass is 32.1. The minimum absolute atomic E-state index is 0.0971. The highest BCUT2D eigenvalue weighted by Gasteiger charge is 2.37. The van der Waals surface area contributed by atoms with E-state index in [2.05, 4.69) is 0 Å². The fraction of sp³-hybridized carbons (Fsp3) is 0.211. The summed E-state index contributed by atoms with van der Waals surface area (Å²) >= 11 is 5.48. The molecule has 3 rings (SSSR count). The predicted octanol–water partition coefficient (Wildman–Crippen LogP) is 3.15. The van der Waals surface area contributed by atoms with Crippen LogP contribution in [0.3, 0.4) is 0 Å². The average molecular weight is 370 g/mol. The summed E-state index contributed by atoms with van der Waals surface area (Å²) in [6.45, 7) is 2.45. The molecule has 0 aliphatic carbocycles. The highest BCUT2D eigenvalue weighted by molar-refractivity contribution is 7.81. The van der Waals surface area contributed by atoms with Crippen molar-refractivity contribution >= 4 is 40.5 Å². The van der Waals surface area contributed by atoms with Gasteiger partial charge in [-0.25, -0.2) is 0 Å². The van der Waals surface area contributed by atoms with Gasteiger partial charge in [-0.05, 0) is 55.5 Å². The number of ether oxygens (including phenoxy) is 2. The molecule has 0 radical (unpaired) electrons. The number of carbonyl (C=O) groups excluding carboxylic acids is 2. The van der Waals surface area contributed by atoms with Gasteiger partial charge in [0, 0.05) is 0 Å². The number of carbonyl (C=O) groups is 2. The van der Waals surface area contributed by atoms with Crippen LogP contribution in [0.2, 0.25) is 0 Å². The minimum Gasteiger partial charge on any atom is -0.495 e. The smallest absolute Gasteiger partial charge is 0.242 e. The number of rotatable bonds is 5. The maximum absolute atomic E-state index is 12.5. The van der Waals surface area contributed by atoms with Gasteiger partial charge in [0.05, 0.1) is 25.1 Å². The lowest BCUT2D eigenvalue weighted by Crippen LogP contribution is -2.55. The number of nitrogens with zero attached hydrogens (tertiary/aromatic N) is 2. The molecule has 26 heavy (non-hydrogen) atoms. The van der Waals surface area contributed by atoms with Crippen LogP contribution >= 0.6 is 12.2 Å². The summed E-state index contributed by atoms with van der Waals surface area (Å²) in [6.07, 6.45) is -0.272. The molecule has 1 aliphatic rings. The summed E-state index contributed by atoms with van der Waals surface area (Å²) < 4.78 is 10.8. The number of hydrogen-bond donors (Lipinski definition) is 0. The minimum atomic E-state index is -0.383. The standard InChI is InChI=1S/C19H18N2O4S/c1-3-25-14-10-8-13(9-11-14)20-17(22)12-18(23)21(19(20)26)15-6-4-5-7-16(15)24-2/h4-11H,3,12H2,1-2H3. The Morgan fingerprint density at radius 1 is 1.00 bits per heavy atom. The number of thiocarbonyl (C=S) groups is 1. The monoisotopic (exact) mass is 370 g/mol. The van der Waals surface area contributed by atoms with Gasteiger partial charge < -0.3 is 9.47 Å². The Morgan fingerprint density at radius 3 is 2.31 bits per heavy atom. The Kier molecular flexibility index (Phi) is 5.18. The largest absolute Gasteiger partial charge is 0.495 e. The van der Waals surface area contributed by atoms with Crippen LogP contribution in [-0.4, -0.2) is 30.6 Å². The third kappa shape index (κ3) is 3.25. The molecule has 2 aromatic carbocycles. The zero-order valence-electron chi connectivity index (χ0n) is 14.5. The van der Waals surface area contributed by atoms with Gasteiger partial charge in [-0.2, -0.15) is 0 Å². The van der Waals surface area contributed by atoms with Gasteiger partial charge in [0.25, 0.3) is 0 Å². The van der Waals surface area contributed by atoms with E-state index < -0.39 is 0 Å². The van der Waals surface area contributed by atoms with E-state index in [0.29, 0.717) is 29.5 Å². The quantitative estimate of drug-likeness (QED) is 0.598. The molecule has 7 heteroatoms. The number of amides is 2. The third-order valence-electron chi connectivity index (χ3n) is 3.92. The van der Waals surface area contributed by atoms with Crippen molar-refractivity contribution in [3.05, 3.63) is 48.5 Å². The van der Waals surface area contributed by atoms with Crippen LogP contribution in [0.5, 0.6) is 11.5 Å². The van der Waals surface area contributed by atoms with Crippen molar-refractivity contribution in [2.24, 2.45) is 0 Å². The first kappa shape index (κ1) is 17.9. The maximum atomic E-state index is 12.5. The first-order valence-electron chi connectivity index (χ1n) is 8.12. The van der Waals surface area contributed by atoms with Crippen molar-refractivity contribution in [3.8, 4) is 11.5 Å². The SMILES string of the molecule is CCOc1ccc(N2C(=O)CC(=O)N(c3ccccc3OC)C2=S)cc1. The molecule has 0 bridgehead atoms. The van der Waals surface area contributed by atoms with Crippen molar-refractivity contribution in [3.63, 3.8) is 0 Å². The molecule has 134 valence electrons. The molecule has 1 aliphatic heterocycles. The van der Waals surface area contributed by atoms with Crippen molar-refractivity contribution in [2.45, 2.75) is 13.3 Å². The second-order valence-electron chi connectivity index (χ2n) is 5.52. The summed E-state index contributed by atoms with van der Waals surface area (Å²) in [6, 6.07) is 14.1. The number of methoxy groups -OCH3 is 1. The first-order chi connectivity index (χ1) is 12.6. The lowest BCUT2D eigenvalue weighted by Gasteiger charge is -2.35. The zero-order chi connectivity index (χ0) is 18.7. The topological polar surface area (TPSA) is 59.1 Å². The van der Waals surface area contributed by atoms with Crippen LogP contribution in [0.4, 0.5) is 11.4 Å². The lowest BCUT2D eigenvalue weighted by atomic mass is 10.2. The van der Waals surface area contributed by atoms with E-state index in [4.69, 9.17) is 21.7 Å². The normalized spacial score (nSPS) is 14.6. The molecule has 0 spiro atoms. The lowest BCUT2D eigenvalue weighted by molar-refractivity contribution is -0.126. The zero-order valence-corrected chi connectivity index (χ0v) is 15.3. The Labute approximate surface area is 156 Å². The molecule has 1 saturated heterocycles. The fourth-order valence-corrected chi connectivity index (χ4v) is 3.17. The average Bonchev–Trinajstić information content (AvgIpc) is 2.63. The van der Waals surface area contributed by atoms with E-state index >= 15 is 0 Å². The van der Waals surface area contributed by atoms with E-state index in [0.717, 1.165) is 0 Å². The third-order valence-corrected chi connectivity index (χ3v) is 4.28. The fourth-order valence-electron chi connectivity index (χ4n) is 2.77. The van der Waals surface area contributed by atoms with Crippen LogP contribution < -0.4 is 19.3 Å². The maximum Gasteiger partial charge on any atom is 0.242 e. The summed E-state index contributed by atoms with van der Waals surface area (Å²) in [4.78, 5) is 27.7. The van der Waals surface area contributed by atoms with Crippen molar-refractivity contribution in [1.29, 1.82) is 0 Å². The van der Waals surface area contributed by atoms with Crippen molar-refractivity contribution in [2.75, 3.05) is 23.5 Å². The summed E-state index contributed by atoms with van der Waals surface area (Å²) in [5.41, 5.74) is 1.09. The van der Waals surface area contributed by atoms with Gasteiger partial charge in [-0.15, -0.1) is 0 Å². The molecule has 6 nitrogen and oxygen atoms in total. The van der Waals surface area contributed by atoms with Crippen LogP contribution in [0.15, 0.2) is 48.5 Å². The number of hydrogen-bond acceptors (Lipinski definition) is 5. The van der Waals surface area contributed by atoms with E-state index in [1.54, 1.807) is 48.5 Å². The molecule has 0 N–H and O–H groups in total. The summed E-state index contributed by atoms with van der Waals surface area (Å²) in [7, 11) is 1.52. The van der Waals surface area contributed by atoms with Gasteiger partial charge in [0.15, 0.2) is 5.11 Å². The van der Waals surface area contributed by atoms with E-state index in [1.165, 1.54) is 16.9 Å². The molecule has 0 atom stereocenters. The van der Waals surface area contributed by atoms with Gasteiger partial charge in [-0.1, -0.05) is 12.1 Å². The van der Waals surface area contributed by atoms with E-state index in [9.17, 15) is 9.59 Å². The second kappa shape index (κ2) is 7.53. The Bertz CT molecular complexity index is 851. The molecule has 1 heterocycles. The Morgan fingerprint density at radius 2 is 1.65 bits per heavy atom. The predicted molar refractivity (Wildman–Crippen MR) is 103 cm³/mol. The van der Waals surface area contributed by atoms with Gasteiger partial charge in [0.2, 0.25) is 11.8 Å². The second-order valence-corrected chi connectivity index (χ2v) is 5.88. The van der Waals surface area contributed by atoms with Crippen LogP contribution in [0.25, 0.3) is 0 Å². The van der Waals surface area contributed by atoms with E-state index in [-0.39, 0.29) is 23.3 Å². The molecule has 0 unspecified atom stereocenters. The molecule has 2 amide bonds. The van der Waals surface area contributed by atoms with Gasteiger partial charge in [-0.3, -0.25) is 19.4 Å². The Hall–Kier alpha value is -2.93. The number of benzene rings is 2. The molecule has 2 aromatic rings. The van der Waals surface area contributed by atoms with Crippen LogP contribution in [0, 0.1) is 0 Å². The number of para-hydroxylation sites is 2. The Balaban J connectivity index is 1.98. The van der Waals surface area contributed by atoms with Crippen molar-refractivity contribution in [1.82, 2.24) is 0 Å². The van der Waals surface area contributed by atoms with Crippen LogP contribution in [0.1, 0.15) is 13.3 Å². The molecular weight excluding hydrogens is 352 g/mol. The summed E-state index contributed by atoms with van der Waals surface area (Å²) in [5.74, 6) is 0.454. The van der Waals surface area contributed by atoms with Gasteiger partial charge in [0.1, 0.15) is 17.9 Å². The van der Waals surface area contributed by atoms with Gasteiger partial charge >= 0.3 is 0 Å². The first-order valence-corrected chi connectivity index (χ1v) is 8.53. The van der Waals surface area contributed by atoms with Crippen molar-refractivity contribution < 1.29 is 19.1 Å². The summed E-state index contributed by atoms with van der Waals surface area (Å²) in [5, 5.41) is 0.0971. The molecular formula is C19H18N2O4S. The molecule has 0 saturated carbocycles. The molecule has 1 fully saturated rings. The highest BCUT2D eigenvalue weighted by Crippen LogP contribution is 2.33.